The van der Waals surface area contributed by atoms with Crippen molar-refractivity contribution in [1.82, 2.24) is 10.0 Å². The summed E-state index contributed by atoms with van der Waals surface area (Å²) in [7, 11) is -2.75. The molecule has 0 saturated heterocycles. The summed E-state index contributed by atoms with van der Waals surface area (Å²) in [6.45, 7) is -0.189. The summed E-state index contributed by atoms with van der Waals surface area (Å²) >= 11 is 2.79. The normalized spacial score (nSPS) is 11.4. The van der Waals surface area contributed by atoms with Gasteiger partial charge in [-0.15, -0.1) is 0 Å². The van der Waals surface area contributed by atoms with Crippen LogP contribution in [0, 0.1) is 11.6 Å². The number of amides is 1. The number of nitrogens with one attached hydrogen (secondary N) is 2. The van der Waals surface area contributed by atoms with Gasteiger partial charge in [0, 0.05) is 30.6 Å². The van der Waals surface area contributed by atoms with E-state index in [1.54, 1.807) is 0 Å². The Morgan fingerprint density at radius 2 is 2.00 bits per heavy atom. The number of carbonyl (C=O) groups excluding carboxylic acids is 1. The molecular formula is C10H11BrF2N2O3S. The van der Waals surface area contributed by atoms with Crippen LogP contribution >= 0.6 is 15.9 Å². The molecule has 0 aliphatic carbocycles. The van der Waals surface area contributed by atoms with Crippen molar-refractivity contribution in [3.8, 4) is 0 Å². The topological polar surface area (TPSA) is 75.3 Å². The first-order valence-corrected chi connectivity index (χ1v) is 7.40. The Morgan fingerprint density at radius 3 is 2.53 bits per heavy atom. The molecule has 0 bridgehead atoms. The van der Waals surface area contributed by atoms with Gasteiger partial charge in [0.05, 0.1) is 0 Å². The molecule has 1 amide bonds. The highest BCUT2D eigenvalue weighted by molar-refractivity contribution is 9.10. The van der Waals surface area contributed by atoms with Crippen molar-refractivity contribution in [1.29, 1.82) is 0 Å². The van der Waals surface area contributed by atoms with E-state index in [2.05, 4.69) is 26.0 Å². The molecule has 0 fully saturated rings. The van der Waals surface area contributed by atoms with Gasteiger partial charge in [-0.1, -0.05) is 0 Å². The third-order valence-corrected chi connectivity index (χ3v) is 4.58. The predicted molar refractivity (Wildman–Crippen MR) is 67.9 cm³/mol. The van der Waals surface area contributed by atoms with Crippen molar-refractivity contribution in [2.24, 2.45) is 0 Å². The van der Waals surface area contributed by atoms with Gasteiger partial charge in [0.1, 0.15) is 16.5 Å². The van der Waals surface area contributed by atoms with E-state index in [9.17, 15) is 22.0 Å². The number of carbonyl (C=O) groups is 1. The largest absolute Gasteiger partial charge is 0.359 e. The van der Waals surface area contributed by atoms with Crippen LogP contribution in [0.1, 0.15) is 6.42 Å². The molecule has 1 aromatic carbocycles. The first kappa shape index (κ1) is 16.0. The van der Waals surface area contributed by atoms with Gasteiger partial charge in [0.25, 0.3) is 0 Å². The van der Waals surface area contributed by atoms with E-state index in [1.165, 1.54) is 7.05 Å². The molecule has 0 radical (unpaired) electrons. The Morgan fingerprint density at radius 1 is 1.37 bits per heavy atom. The van der Waals surface area contributed by atoms with Gasteiger partial charge in [-0.2, -0.15) is 0 Å². The van der Waals surface area contributed by atoms with Gasteiger partial charge in [0.2, 0.25) is 15.9 Å². The SMILES string of the molecule is CNC(=O)CCNS(=O)(=O)c1c(F)cc(F)cc1Br. The summed E-state index contributed by atoms with van der Waals surface area (Å²) in [4.78, 5) is 10.2. The lowest BCUT2D eigenvalue weighted by Crippen LogP contribution is -2.30. The summed E-state index contributed by atoms with van der Waals surface area (Å²) in [6.07, 6.45) is -0.0871. The summed E-state index contributed by atoms with van der Waals surface area (Å²) < 4.78 is 51.8. The van der Waals surface area contributed by atoms with Crippen LogP contribution in [-0.2, 0) is 14.8 Å². The minimum atomic E-state index is -4.16. The molecule has 0 aliphatic rings. The lowest BCUT2D eigenvalue weighted by molar-refractivity contribution is -0.120. The zero-order chi connectivity index (χ0) is 14.6. The van der Waals surface area contributed by atoms with Crippen molar-refractivity contribution in [2.45, 2.75) is 11.3 Å². The number of hydrogen-bond acceptors (Lipinski definition) is 3. The highest BCUT2D eigenvalue weighted by Gasteiger charge is 2.23. The molecule has 9 heteroatoms. The van der Waals surface area contributed by atoms with Crippen LogP contribution in [0.2, 0.25) is 0 Å². The van der Waals surface area contributed by atoms with E-state index in [0.717, 1.165) is 6.07 Å². The van der Waals surface area contributed by atoms with E-state index in [-0.39, 0.29) is 23.3 Å². The number of benzene rings is 1. The highest BCUT2D eigenvalue weighted by atomic mass is 79.9. The average Bonchev–Trinajstić information content (AvgIpc) is 2.26. The monoisotopic (exact) mass is 356 g/mol. The second-order valence-corrected chi connectivity index (χ2v) is 6.08. The van der Waals surface area contributed by atoms with E-state index < -0.39 is 26.6 Å². The van der Waals surface area contributed by atoms with Crippen LogP contribution in [-0.4, -0.2) is 27.9 Å². The fourth-order valence-corrected chi connectivity index (χ4v) is 3.48. The van der Waals surface area contributed by atoms with E-state index in [1.807, 2.05) is 0 Å². The molecule has 0 aliphatic heterocycles. The van der Waals surface area contributed by atoms with Crippen molar-refractivity contribution in [2.75, 3.05) is 13.6 Å². The third kappa shape index (κ3) is 4.22. The smallest absolute Gasteiger partial charge is 0.244 e. The number of sulfonamides is 1. The van der Waals surface area contributed by atoms with E-state index >= 15 is 0 Å². The summed E-state index contributed by atoms with van der Waals surface area (Å²) in [5.74, 6) is -2.46. The fourth-order valence-electron chi connectivity index (χ4n) is 1.28. The van der Waals surface area contributed by atoms with Gasteiger partial charge in [-0.25, -0.2) is 21.9 Å². The third-order valence-electron chi connectivity index (χ3n) is 2.15. The second kappa shape index (κ2) is 6.40. The molecule has 0 spiro atoms. The maximum absolute atomic E-state index is 13.5. The molecule has 0 aromatic heterocycles. The van der Waals surface area contributed by atoms with Crippen LogP contribution in [0.5, 0.6) is 0 Å². The van der Waals surface area contributed by atoms with Crippen LogP contribution in [0.25, 0.3) is 0 Å². The van der Waals surface area contributed by atoms with Crippen LogP contribution in [0.3, 0.4) is 0 Å². The predicted octanol–water partition coefficient (Wildman–Crippen LogP) is 1.14. The summed E-state index contributed by atoms with van der Waals surface area (Å²) in [5.41, 5.74) is 0. The molecule has 106 valence electrons. The first-order valence-electron chi connectivity index (χ1n) is 5.12. The van der Waals surface area contributed by atoms with E-state index in [4.69, 9.17) is 0 Å². The van der Waals surface area contributed by atoms with Crippen molar-refractivity contribution in [3.63, 3.8) is 0 Å². The Balaban J connectivity index is 2.92. The molecule has 1 rings (SSSR count). The quantitative estimate of drug-likeness (QED) is 0.830. The molecule has 1 aromatic rings. The molecule has 2 N–H and O–H groups in total. The summed E-state index contributed by atoms with van der Waals surface area (Å²) in [5, 5.41) is 2.31. The molecular weight excluding hydrogens is 346 g/mol. The zero-order valence-electron chi connectivity index (χ0n) is 9.84. The number of hydrogen-bond donors (Lipinski definition) is 2. The van der Waals surface area contributed by atoms with Crippen LogP contribution in [0.4, 0.5) is 8.78 Å². The summed E-state index contributed by atoms with van der Waals surface area (Å²) in [6, 6.07) is 1.31. The minimum Gasteiger partial charge on any atom is -0.359 e. The minimum absolute atomic E-state index is 0.0871. The molecule has 19 heavy (non-hydrogen) atoms. The lowest BCUT2D eigenvalue weighted by Gasteiger charge is -2.09. The molecule has 5 nitrogen and oxygen atoms in total. The average molecular weight is 357 g/mol. The molecule has 0 unspecified atom stereocenters. The van der Waals surface area contributed by atoms with E-state index in [0.29, 0.717) is 6.07 Å². The molecule has 0 heterocycles. The van der Waals surface area contributed by atoms with Gasteiger partial charge in [-0.3, -0.25) is 4.79 Å². The van der Waals surface area contributed by atoms with Crippen LogP contribution < -0.4 is 10.0 Å². The number of halogens is 3. The maximum Gasteiger partial charge on any atom is 0.244 e. The Kier molecular flexibility index (Phi) is 5.39. The first-order chi connectivity index (χ1) is 8.77. The highest BCUT2D eigenvalue weighted by Crippen LogP contribution is 2.25. The second-order valence-electron chi connectivity index (χ2n) is 3.52. The van der Waals surface area contributed by atoms with Crippen molar-refractivity contribution >= 4 is 31.9 Å². The Bertz CT molecular complexity index is 569. The van der Waals surface area contributed by atoms with Crippen molar-refractivity contribution < 1.29 is 22.0 Å². The molecule has 0 saturated carbocycles. The Hall–Kier alpha value is -1.06. The Labute approximate surface area is 117 Å². The van der Waals surface area contributed by atoms with Gasteiger partial charge >= 0.3 is 0 Å². The van der Waals surface area contributed by atoms with Crippen LogP contribution in [0.15, 0.2) is 21.5 Å². The zero-order valence-corrected chi connectivity index (χ0v) is 12.2. The maximum atomic E-state index is 13.5. The van der Waals surface area contributed by atoms with Gasteiger partial charge < -0.3 is 5.32 Å². The van der Waals surface area contributed by atoms with Gasteiger partial charge in [-0.05, 0) is 22.0 Å². The number of rotatable bonds is 5. The lowest BCUT2D eigenvalue weighted by atomic mass is 10.3. The fraction of sp³-hybridized carbons (Fsp3) is 0.300. The molecule has 0 atom stereocenters. The van der Waals surface area contributed by atoms with Crippen molar-refractivity contribution in [3.05, 3.63) is 28.2 Å². The standard InChI is InChI=1S/C10H11BrF2N2O3S/c1-14-9(16)2-3-15-19(17,18)10-7(11)4-6(12)5-8(10)13/h4-5,15H,2-3H2,1H3,(H,14,16). The van der Waals surface area contributed by atoms with Gasteiger partial charge in [0.15, 0.2) is 0 Å².